The number of likely N-dealkylation sites (tertiary alicyclic amines) is 1. The summed E-state index contributed by atoms with van der Waals surface area (Å²) in [5.41, 5.74) is 0. The molecule has 0 radical (unpaired) electrons. The molecule has 6 heteroatoms. The zero-order valence-corrected chi connectivity index (χ0v) is 15.0. The van der Waals surface area contributed by atoms with E-state index in [-0.39, 0.29) is 12.2 Å². The lowest BCUT2D eigenvalue weighted by molar-refractivity contribution is -0.0817. The highest BCUT2D eigenvalue weighted by molar-refractivity contribution is 5.80. The zero-order chi connectivity index (χ0) is 16.4. The van der Waals surface area contributed by atoms with Gasteiger partial charge in [0.2, 0.25) is 0 Å². The van der Waals surface area contributed by atoms with Crippen molar-refractivity contribution in [2.45, 2.75) is 50.4 Å². The van der Waals surface area contributed by atoms with E-state index in [2.05, 4.69) is 20.1 Å². The second-order valence-electron chi connectivity index (χ2n) is 7.72. The predicted octanol–water partition coefficient (Wildman–Crippen LogP) is 0.926. The maximum Gasteiger partial charge on any atom is 0.193 e. The lowest BCUT2D eigenvalue weighted by Gasteiger charge is -2.37. The van der Waals surface area contributed by atoms with Gasteiger partial charge >= 0.3 is 0 Å². The van der Waals surface area contributed by atoms with Crippen molar-refractivity contribution in [1.82, 2.24) is 15.1 Å². The van der Waals surface area contributed by atoms with Gasteiger partial charge in [-0.1, -0.05) is 0 Å². The molecule has 3 heterocycles. The van der Waals surface area contributed by atoms with Crippen molar-refractivity contribution in [1.29, 1.82) is 0 Å². The van der Waals surface area contributed by atoms with E-state index in [1.807, 2.05) is 7.05 Å². The molecule has 3 saturated heterocycles. The molecule has 6 nitrogen and oxygen atoms in total. The number of morpholine rings is 1. The minimum atomic E-state index is 0.191. The molecule has 1 saturated carbocycles. The molecule has 0 aromatic carbocycles. The molecule has 3 unspecified atom stereocenters. The van der Waals surface area contributed by atoms with Gasteiger partial charge in [0.05, 0.1) is 12.7 Å². The summed E-state index contributed by atoms with van der Waals surface area (Å²) < 4.78 is 11.8. The Bertz CT molecular complexity index is 448. The smallest absolute Gasteiger partial charge is 0.193 e. The third-order valence-electron chi connectivity index (χ3n) is 5.91. The van der Waals surface area contributed by atoms with Crippen LogP contribution in [0.25, 0.3) is 0 Å². The van der Waals surface area contributed by atoms with Crippen molar-refractivity contribution in [3.8, 4) is 0 Å². The van der Waals surface area contributed by atoms with Gasteiger partial charge < -0.3 is 24.6 Å². The SMILES string of the molecule is CN=C(NCC1CCN(C2CC2)C1)N1CCOC(C2CCCO2)C1. The van der Waals surface area contributed by atoms with Gasteiger partial charge in [-0.05, 0) is 44.6 Å². The van der Waals surface area contributed by atoms with Gasteiger partial charge in [0.1, 0.15) is 6.10 Å². The van der Waals surface area contributed by atoms with Crippen molar-refractivity contribution >= 4 is 5.96 Å². The quantitative estimate of drug-likeness (QED) is 0.611. The predicted molar refractivity (Wildman–Crippen MR) is 94.4 cm³/mol. The lowest BCUT2D eigenvalue weighted by atomic mass is 10.1. The summed E-state index contributed by atoms with van der Waals surface area (Å²) in [6.07, 6.45) is 6.91. The first kappa shape index (κ1) is 16.6. The van der Waals surface area contributed by atoms with E-state index in [0.717, 1.165) is 63.6 Å². The summed E-state index contributed by atoms with van der Waals surface area (Å²) in [5, 5.41) is 3.62. The van der Waals surface area contributed by atoms with E-state index < -0.39 is 0 Å². The minimum absolute atomic E-state index is 0.191. The Labute approximate surface area is 145 Å². The normalized spacial score (nSPS) is 35.6. The Morgan fingerprint density at radius 1 is 1.04 bits per heavy atom. The van der Waals surface area contributed by atoms with Crippen molar-refractivity contribution in [3.05, 3.63) is 0 Å². The third kappa shape index (κ3) is 3.86. The average molecular weight is 336 g/mol. The molecule has 0 aromatic heterocycles. The maximum atomic E-state index is 5.96. The second-order valence-corrected chi connectivity index (χ2v) is 7.72. The van der Waals surface area contributed by atoms with Gasteiger partial charge in [-0.3, -0.25) is 4.99 Å². The zero-order valence-electron chi connectivity index (χ0n) is 15.0. The summed E-state index contributed by atoms with van der Waals surface area (Å²) in [4.78, 5) is 9.55. The summed E-state index contributed by atoms with van der Waals surface area (Å²) >= 11 is 0. The molecule has 1 aliphatic carbocycles. The van der Waals surface area contributed by atoms with E-state index in [9.17, 15) is 0 Å². The summed E-state index contributed by atoms with van der Waals surface area (Å²) in [5.74, 6) is 1.79. The highest BCUT2D eigenvalue weighted by atomic mass is 16.5. The molecular formula is C18H32N4O2. The number of ether oxygens (including phenoxy) is 2. The third-order valence-corrected chi connectivity index (χ3v) is 5.91. The Hall–Kier alpha value is -0.850. The van der Waals surface area contributed by atoms with E-state index >= 15 is 0 Å². The fraction of sp³-hybridized carbons (Fsp3) is 0.944. The number of nitrogens with zero attached hydrogens (tertiary/aromatic N) is 3. The van der Waals surface area contributed by atoms with Gasteiger partial charge in [-0.25, -0.2) is 0 Å². The van der Waals surface area contributed by atoms with Crippen LogP contribution in [0.4, 0.5) is 0 Å². The van der Waals surface area contributed by atoms with Crippen LogP contribution in [0.3, 0.4) is 0 Å². The van der Waals surface area contributed by atoms with Gasteiger partial charge in [0.15, 0.2) is 5.96 Å². The molecule has 0 bridgehead atoms. The van der Waals surface area contributed by atoms with Crippen molar-refractivity contribution in [2.75, 3.05) is 53.0 Å². The topological polar surface area (TPSA) is 49.3 Å². The second kappa shape index (κ2) is 7.58. The highest BCUT2D eigenvalue weighted by Gasteiger charge is 2.35. The fourth-order valence-electron chi connectivity index (χ4n) is 4.36. The van der Waals surface area contributed by atoms with E-state index in [0.29, 0.717) is 0 Å². The summed E-state index contributed by atoms with van der Waals surface area (Å²) in [7, 11) is 1.89. The van der Waals surface area contributed by atoms with Crippen molar-refractivity contribution in [3.63, 3.8) is 0 Å². The molecular weight excluding hydrogens is 304 g/mol. The maximum absolute atomic E-state index is 5.96. The Balaban J connectivity index is 1.25. The van der Waals surface area contributed by atoms with E-state index in [1.165, 1.54) is 32.4 Å². The van der Waals surface area contributed by atoms with Crippen LogP contribution in [0, 0.1) is 5.92 Å². The molecule has 4 aliphatic rings. The molecule has 0 amide bonds. The van der Waals surface area contributed by atoms with Crippen LogP contribution in [0.5, 0.6) is 0 Å². The molecule has 3 aliphatic heterocycles. The average Bonchev–Trinajstić information content (AvgIpc) is 3.13. The Kier molecular flexibility index (Phi) is 5.25. The molecule has 3 atom stereocenters. The van der Waals surface area contributed by atoms with Gasteiger partial charge in [-0.15, -0.1) is 0 Å². The lowest BCUT2D eigenvalue weighted by Crippen LogP contribution is -2.53. The number of nitrogens with one attached hydrogen (secondary N) is 1. The van der Waals surface area contributed by atoms with Crippen LogP contribution in [0.2, 0.25) is 0 Å². The standard InChI is InChI=1S/C18H32N4O2/c1-19-18(20-11-14-6-7-21(12-14)15-4-5-15)22-8-10-24-17(13-22)16-3-2-9-23-16/h14-17H,2-13H2,1H3,(H,19,20). The number of hydrogen-bond acceptors (Lipinski definition) is 4. The molecule has 136 valence electrons. The largest absolute Gasteiger partial charge is 0.375 e. The minimum Gasteiger partial charge on any atom is -0.375 e. The number of guanidine groups is 1. The Morgan fingerprint density at radius 2 is 1.92 bits per heavy atom. The molecule has 0 spiro atoms. The van der Waals surface area contributed by atoms with Crippen LogP contribution in [0.1, 0.15) is 32.1 Å². The summed E-state index contributed by atoms with van der Waals surface area (Å²) in [6.45, 7) is 7.05. The van der Waals surface area contributed by atoms with Crippen LogP contribution in [-0.4, -0.2) is 87.0 Å². The molecule has 1 N–H and O–H groups in total. The first-order valence-electron chi connectivity index (χ1n) is 9.76. The van der Waals surface area contributed by atoms with Gasteiger partial charge in [-0.2, -0.15) is 0 Å². The summed E-state index contributed by atoms with van der Waals surface area (Å²) in [6, 6.07) is 0.903. The van der Waals surface area contributed by atoms with Gasteiger partial charge in [0, 0.05) is 45.9 Å². The van der Waals surface area contributed by atoms with Crippen molar-refractivity contribution < 1.29 is 9.47 Å². The first-order valence-corrected chi connectivity index (χ1v) is 9.76. The molecule has 24 heavy (non-hydrogen) atoms. The first-order chi connectivity index (χ1) is 11.8. The number of rotatable bonds is 4. The van der Waals surface area contributed by atoms with Crippen LogP contribution in [0.15, 0.2) is 4.99 Å². The van der Waals surface area contributed by atoms with Crippen molar-refractivity contribution in [2.24, 2.45) is 10.9 Å². The number of hydrogen-bond donors (Lipinski definition) is 1. The highest BCUT2D eigenvalue weighted by Crippen LogP contribution is 2.31. The number of aliphatic imine (C=N–C) groups is 1. The Morgan fingerprint density at radius 3 is 2.67 bits per heavy atom. The fourth-order valence-corrected chi connectivity index (χ4v) is 4.36. The van der Waals surface area contributed by atoms with E-state index in [1.54, 1.807) is 0 Å². The molecule has 4 fully saturated rings. The monoisotopic (exact) mass is 336 g/mol. The van der Waals surface area contributed by atoms with E-state index in [4.69, 9.17) is 9.47 Å². The van der Waals surface area contributed by atoms with Gasteiger partial charge in [0.25, 0.3) is 0 Å². The van der Waals surface area contributed by atoms with Crippen LogP contribution in [-0.2, 0) is 9.47 Å². The van der Waals surface area contributed by atoms with Crippen LogP contribution >= 0.6 is 0 Å². The molecule has 0 aromatic rings. The molecule has 4 rings (SSSR count). The van der Waals surface area contributed by atoms with Crippen LogP contribution < -0.4 is 5.32 Å².